The van der Waals surface area contributed by atoms with Crippen LogP contribution in [-0.2, 0) is 15.0 Å². The van der Waals surface area contributed by atoms with E-state index in [9.17, 15) is 13.2 Å². The van der Waals surface area contributed by atoms with Crippen molar-refractivity contribution in [3.05, 3.63) is 0 Å². The average Bonchev–Trinajstić information content (AvgIpc) is 2.43. The van der Waals surface area contributed by atoms with Crippen LogP contribution < -0.4 is 0 Å². The molecule has 0 atom stereocenters. The first-order valence-corrected chi connectivity index (χ1v) is 8.71. The predicted molar refractivity (Wildman–Crippen MR) is 81.3 cm³/mol. The number of likely N-dealkylation sites (tertiary alicyclic amines) is 1. The standard InChI is InChI=1S/C13H27N3O4S/c1-11(2)16-9-5-12(6-10-16)15(4)21(19,20)14(3)8-7-13(17)18/h11-12H,5-10H2,1-4H3,(H,17,18). The minimum Gasteiger partial charge on any atom is -0.481 e. The molecule has 21 heavy (non-hydrogen) atoms. The van der Waals surface area contributed by atoms with E-state index in [4.69, 9.17) is 5.11 Å². The molecule has 1 saturated heterocycles. The zero-order valence-electron chi connectivity index (χ0n) is 13.3. The molecule has 0 saturated carbocycles. The fourth-order valence-corrected chi connectivity index (χ4v) is 3.89. The fraction of sp³-hybridized carbons (Fsp3) is 0.923. The Morgan fingerprint density at radius 2 is 1.81 bits per heavy atom. The van der Waals surface area contributed by atoms with Gasteiger partial charge in [0.25, 0.3) is 10.2 Å². The maximum absolute atomic E-state index is 12.4. The van der Waals surface area contributed by atoms with E-state index in [0.29, 0.717) is 6.04 Å². The Morgan fingerprint density at radius 3 is 2.24 bits per heavy atom. The lowest BCUT2D eigenvalue weighted by Crippen LogP contribution is -2.50. The smallest absolute Gasteiger partial charge is 0.304 e. The van der Waals surface area contributed by atoms with Gasteiger partial charge >= 0.3 is 5.97 Å². The van der Waals surface area contributed by atoms with Crippen LogP contribution in [0.2, 0.25) is 0 Å². The molecule has 0 radical (unpaired) electrons. The molecular formula is C13H27N3O4S. The van der Waals surface area contributed by atoms with Gasteiger partial charge in [0, 0.05) is 32.7 Å². The van der Waals surface area contributed by atoms with Crippen LogP contribution in [0.3, 0.4) is 0 Å². The molecule has 1 aliphatic heterocycles. The van der Waals surface area contributed by atoms with E-state index >= 15 is 0 Å². The van der Waals surface area contributed by atoms with E-state index in [2.05, 4.69) is 18.7 Å². The molecule has 0 aromatic rings. The van der Waals surface area contributed by atoms with Crippen molar-refractivity contribution in [3.8, 4) is 0 Å². The monoisotopic (exact) mass is 321 g/mol. The molecule has 0 amide bonds. The summed E-state index contributed by atoms with van der Waals surface area (Å²) in [6.45, 7) is 6.05. The molecule has 0 bridgehead atoms. The van der Waals surface area contributed by atoms with Gasteiger partial charge in [-0.05, 0) is 39.8 Å². The van der Waals surface area contributed by atoms with Crippen LogP contribution in [0.5, 0.6) is 0 Å². The first-order valence-electron chi connectivity index (χ1n) is 7.31. The molecule has 0 unspecified atom stereocenters. The summed E-state index contributed by atoms with van der Waals surface area (Å²) in [5, 5.41) is 8.66. The number of hydrogen-bond donors (Lipinski definition) is 1. The zero-order valence-corrected chi connectivity index (χ0v) is 14.1. The summed E-state index contributed by atoms with van der Waals surface area (Å²) in [5.74, 6) is -0.995. The molecule has 1 N–H and O–H groups in total. The molecule has 0 aromatic heterocycles. The van der Waals surface area contributed by atoms with Gasteiger partial charge in [-0.15, -0.1) is 0 Å². The summed E-state index contributed by atoms with van der Waals surface area (Å²) in [6, 6.07) is 0.461. The zero-order chi connectivity index (χ0) is 16.2. The molecule has 1 rings (SSSR count). The van der Waals surface area contributed by atoms with E-state index in [1.54, 1.807) is 7.05 Å². The van der Waals surface area contributed by atoms with Crippen molar-refractivity contribution in [1.29, 1.82) is 0 Å². The van der Waals surface area contributed by atoms with Crippen LogP contribution in [0, 0.1) is 0 Å². The van der Waals surface area contributed by atoms with Crippen molar-refractivity contribution in [2.75, 3.05) is 33.7 Å². The number of rotatable bonds is 7. The van der Waals surface area contributed by atoms with Crippen molar-refractivity contribution >= 4 is 16.2 Å². The molecule has 124 valence electrons. The number of piperidine rings is 1. The van der Waals surface area contributed by atoms with Gasteiger partial charge in [0.15, 0.2) is 0 Å². The van der Waals surface area contributed by atoms with Gasteiger partial charge in [-0.25, -0.2) is 0 Å². The Kier molecular flexibility index (Phi) is 6.58. The number of carboxylic acids is 1. The van der Waals surface area contributed by atoms with Crippen LogP contribution in [0.1, 0.15) is 33.1 Å². The highest BCUT2D eigenvalue weighted by molar-refractivity contribution is 7.86. The van der Waals surface area contributed by atoms with Crippen molar-refractivity contribution in [2.45, 2.75) is 45.2 Å². The van der Waals surface area contributed by atoms with Crippen LogP contribution in [0.25, 0.3) is 0 Å². The molecule has 0 aromatic carbocycles. The third-order valence-corrected chi connectivity index (χ3v) is 6.14. The molecule has 1 aliphatic rings. The summed E-state index contributed by atoms with van der Waals surface area (Å²) in [4.78, 5) is 12.9. The van der Waals surface area contributed by atoms with Gasteiger partial charge in [0.05, 0.1) is 6.42 Å². The molecule has 0 spiro atoms. The second-order valence-electron chi connectivity index (χ2n) is 5.85. The fourth-order valence-electron chi connectivity index (χ4n) is 2.54. The summed E-state index contributed by atoms with van der Waals surface area (Å²) >= 11 is 0. The molecule has 1 fully saturated rings. The highest BCUT2D eigenvalue weighted by atomic mass is 32.2. The SMILES string of the molecule is CC(C)N1CCC(N(C)S(=O)(=O)N(C)CCC(=O)O)CC1. The normalized spacial score (nSPS) is 18.8. The van der Waals surface area contributed by atoms with Crippen LogP contribution in [0.4, 0.5) is 0 Å². The van der Waals surface area contributed by atoms with Crippen LogP contribution in [-0.4, -0.2) is 78.8 Å². The van der Waals surface area contributed by atoms with Crippen LogP contribution in [0.15, 0.2) is 0 Å². The van der Waals surface area contributed by atoms with Crippen molar-refractivity contribution < 1.29 is 18.3 Å². The molecular weight excluding hydrogens is 294 g/mol. The third-order valence-electron chi connectivity index (χ3n) is 4.14. The molecule has 7 nitrogen and oxygen atoms in total. The van der Waals surface area contributed by atoms with Gasteiger partial charge in [-0.2, -0.15) is 17.0 Å². The van der Waals surface area contributed by atoms with Gasteiger partial charge in [-0.3, -0.25) is 4.79 Å². The second-order valence-corrected chi connectivity index (χ2v) is 7.95. The quantitative estimate of drug-likeness (QED) is 0.736. The van der Waals surface area contributed by atoms with Crippen molar-refractivity contribution in [2.24, 2.45) is 0 Å². The summed E-state index contributed by atoms with van der Waals surface area (Å²) in [7, 11) is -0.573. The van der Waals surface area contributed by atoms with Crippen LogP contribution >= 0.6 is 0 Å². The topological polar surface area (TPSA) is 81.2 Å². The lowest BCUT2D eigenvalue weighted by molar-refractivity contribution is -0.137. The number of hydrogen-bond acceptors (Lipinski definition) is 4. The Hall–Kier alpha value is -0.700. The highest BCUT2D eigenvalue weighted by Crippen LogP contribution is 2.20. The average molecular weight is 321 g/mol. The van der Waals surface area contributed by atoms with E-state index in [1.807, 2.05) is 0 Å². The van der Waals surface area contributed by atoms with E-state index in [-0.39, 0.29) is 19.0 Å². The maximum Gasteiger partial charge on any atom is 0.304 e. The number of carboxylic acid groups (broad SMARTS) is 1. The van der Waals surface area contributed by atoms with E-state index in [1.165, 1.54) is 11.4 Å². The maximum atomic E-state index is 12.4. The molecule has 0 aliphatic carbocycles. The molecule has 1 heterocycles. The summed E-state index contributed by atoms with van der Waals surface area (Å²) < 4.78 is 27.3. The number of carbonyl (C=O) groups is 1. The first-order chi connectivity index (χ1) is 9.66. The Bertz CT molecular complexity index is 444. The minimum atomic E-state index is -3.59. The lowest BCUT2D eigenvalue weighted by atomic mass is 10.0. The van der Waals surface area contributed by atoms with Crippen molar-refractivity contribution in [3.63, 3.8) is 0 Å². The third kappa shape index (κ3) is 4.91. The summed E-state index contributed by atoms with van der Waals surface area (Å²) in [5.41, 5.74) is 0. The number of nitrogens with zero attached hydrogens (tertiary/aromatic N) is 3. The number of aliphatic carboxylic acids is 1. The van der Waals surface area contributed by atoms with Gasteiger partial charge in [-0.1, -0.05) is 0 Å². The molecule has 8 heteroatoms. The Balaban J connectivity index is 2.61. The minimum absolute atomic E-state index is 0.00710. The van der Waals surface area contributed by atoms with E-state index in [0.717, 1.165) is 30.2 Å². The van der Waals surface area contributed by atoms with Gasteiger partial charge < -0.3 is 10.0 Å². The largest absolute Gasteiger partial charge is 0.481 e. The Labute approximate surface area is 127 Å². The predicted octanol–water partition coefficient (Wildman–Crippen LogP) is 0.442. The second kappa shape index (κ2) is 7.53. The Morgan fingerprint density at radius 1 is 1.29 bits per heavy atom. The lowest BCUT2D eigenvalue weighted by Gasteiger charge is -2.38. The van der Waals surface area contributed by atoms with Crippen molar-refractivity contribution in [1.82, 2.24) is 13.5 Å². The highest BCUT2D eigenvalue weighted by Gasteiger charge is 2.32. The summed E-state index contributed by atoms with van der Waals surface area (Å²) in [6.07, 6.45) is 1.43. The van der Waals surface area contributed by atoms with Gasteiger partial charge in [0.2, 0.25) is 0 Å². The van der Waals surface area contributed by atoms with E-state index < -0.39 is 16.2 Å². The first kappa shape index (κ1) is 18.3. The van der Waals surface area contributed by atoms with Gasteiger partial charge in [0.1, 0.15) is 0 Å².